The molecular formula is C11H10F3N3O4. The van der Waals surface area contributed by atoms with Crippen LogP contribution in [0.3, 0.4) is 0 Å². The first-order valence-corrected chi connectivity index (χ1v) is 5.38. The first kappa shape index (κ1) is 16.3. The Labute approximate surface area is 115 Å². The number of aromatic carboxylic acids is 1. The molecule has 0 saturated carbocycles. The van der Waals surface area contributed by atoms with Gasteiger partial charge in [0, 0.05) is 5.69 Å². The van der Waals surface area contributed by atoms with Gasteiger partial charge in [0.1, 0.15) is 0 Å². The topological polar surface area (TPSA) is 122 Å². The minimum absolute atomic E-state index is 0.385. The van der Waals surface area contributed by atoms with Gasteiger partial charge < -0.3 is 21.5 Å². The highest BCUT2D eigenvalue weighted by atomic mass is 19.4. The van der Waals surface area contributed by atoms with Gasteiger partial charge in [0.05, 0.1) is 17.7 Å². The van der Waals surface area contributed by atoms with Gasteiger partial charge in [0.15, 0.2) is 0 Å². The van der Waals surface area contributed by atoms with Crippen LogP contribution in [0.15, 0.2) is 18.2 Å². The average molecular weight is 305 g/mol. The van der Waals surface area contributed by atoms with Crippen molar-refractivity contribution in [2.24, 2.45) is 5.73 Å². The number of carboxylic acids is 1. The number of nitrogens with one attached hydrogen (secondary N) is 2. The van der Waals surface area contributed by atoms with Crippen molar-refractivity contribution in [2.45, 2.75) is 6.18 Å². The van der Waals surface area contributed by atoms with E-state index in [0.29, 0.717) is 12.1 Å². The zero-order valence-electron chi connectivity index (χ0n) is 10.3. The van der Waals surface area contributed by atoms with Crippen molar-refractivity contribution in [3.8, 4) is 0 Å². The van der Waals surface area contributed by atoms with Crippen LogP contribution in [-0.2, 0) is 11.0 Å². The van der Waals surface area contributed by atoms with Crippen molar-refractivity contribution in [3.63, 3.8) is 0 Å². The fourth-order valence-corrected chi connectivity index (χ4v) is 1.33. The summed E-state index contributed by atoms with van der Waals surface area (Å²) in [4.78, 5) is 32.5. The second-order valence-electron chi connectivity index (χ2n) is 3.88. The summed E-state index contributed by atoms with van der Waals surface area (Å²) in [6, 6.07) is 0.858. The average Bonchev–Trinajstić information content (AvgIpc) is 2.34. The molecule has 0 heterocycles. The Morgan fingerprint density at radius 1 is 1.19 bits per heavy atom. The zero-order valence-corrected chi connectivity index (χ0v) is 10.3. The van der Waals surface area contributed by atoms with E-state index < -0.39 is 41.8 Å². The first-order chi connectivity index (χ1) is 9.59. The molecule has 1 rings (SSSR count). The second kappa shape index (κ2) is 6.11. The molecule has 0 aliphatic carbocycles. The molecule has 0 aliphatic heterocycles. The van der Waals surface area contributed by atoms with E-state index in [2.05, 4.69) is 0 Å². The molecule has 0 atom stereocenters. The largest absolute Gasteiger partial charge is 0.478 e. The van der Waals surface area contributed by atoms with E-state index in [9.17, 15) is 27.6 Å². The van der Waals surface area contributed by atoms with E-state index in [1.54, 1.807) is 0 Å². The summed E-state index contributed by atoms with van der Waals surface area (Å²) in [5.74, 6) is -2.43. The van der Waals surface area contributed by atoms with Crippen molar-refractivity contribution in [1.29, 1.82) is 0 Å². The number of anilines is 1. The van der Waals surface area contributed by atoms with E-state index >= 15 is 0 Å². The molecule has 1 aromatic carbocycles. The molecule has 114 valence electrons. The van der Waals surface area contributed by atoms with Crippen LogP contribution < -0.4 is 16.4 Å². The number of hydrogen-bond acceptors (Lipinski definition) is 3. The van der Waals surface area contributed by atoms with Crippen LogP contribution in [0.1, 0.15) is 15.9 Å². The highest BCUT2D eigenvalue weighted by Crippen LogP contribution is 2.32. The Kier molecular flexibility index (Phi) is 4.74. The molecule has 0 fully saturated rings. The number of nitrogens with two attached hydrogens (primary N) is 1. The lowest BCUT2D eigenvalue weighted by Crippen LogP contribution is -2.36. The number of amides is 3. The van der Waals surface area contributed by atoms with Crippen molar-refractivity contribution >= 4 is 23.6 Å². The first-order valence-electron chi connectivity index (χ1n) is 5.38. The molecule has 5 N–H and O–H groups in total. The lowest BCUT2D eigenvalue weighted by Gasteiger charge is -2.12. The van der Waals surface area contributed by atoms with Crippen LogP contribution in [0.25, 0.3) is 0 Å². The summed E-state index contributed by atoms with van der Waals surface area (Å²) in [6.45, 7) is -0.517. The fraction of sp³-hybridized carbons (Fsp3) is 0.182. The normalized spacial score (nSPS) is 10.8. The molecule has 10 heteroatoms. The summed E-state index contributed by atoms with van der Waals surface area (Å²) >= 11 is 0. The highest BCUT2D eigenvalue weighted by Gasteiger charge is 2.32. The van der Waals surface area contributed by atoms with E-state index in [1.807, 2.05) is 10.6 Å². The zero-order chi connectivity index (χ0) is 16.2. The maximum Gasteiger partial charge on any atom is 0.416 e. The molecule has 7 nitrogen and oxygen atoms in total. The minimum Gasteiger partial charge on any atom is -0.478 e. The number of benzene rings is 1. The van der Waals surface area contributed by atoms with E-state index in [1.165, 1.54) is 0 Å². The quantitative estimate of drug-likeness (QED) is 0.663. The predicted octanol–water partition coefficient (Wildman–Crippen LogP) is 1.01. The van der Waals surface area contributed by atoms with Gasteiger partial charge >= 0.3 is 18.2 Å². The van der Waals surface area contributed by atoms with E-state index in [0.717, 1.165) is 6.07 Å². The van der Waals surface area contributed by atoms with Crippen LogP contribution >= 0.6 is 0 Å². The summed E-state index contributed by atoms with van der Waals surface area (Å²) in [5.41, 5.74) is 2.51. The third-order valence-electron chi connectivity index (χ3n) is 2.19. The Hall–Kier alpha value is -2.78. The Morgan fingerprint density at radius 2 is 1.81 bits per heavy atom. The number of alkyl halides is 3. The maximum atomic E-state index is 12.6. The van der Waals surface area contributed by atoms with Crippen molar-refractivity contribution in [1.82, 2.24) is 5.32 Å². The lowest BCUT2D eigenvalue weighted by molar-refractivity contribution is -0.137. The molecule has 0 unspecified atom stereocenters. The van der Waals surface area contributed by atoms with Crippen LogP contribution in [-0.4, -0.2) is 29.6 Å². The van der Waals surface area contributed by atoms with Gasteiger partial charge in [-0.1, -0.05) is 0 Å². The minimum atomic E-state index is -4.77. The number of halogens is 3. The SMILES string of the molecule is NC(=O)CNC(=O)Nc1cc(C(=O)O)cc(C(F)(F)F)c1. The van der Waals surface area contributed by atoms with Gasteiger partial charge in [-0.05, 0) is 18.2 Å². The molecule has 1 aromatic rings. The molecule has 0 aromatic heterocycles. The number of carbonyl (C=O) groups excluding carboxylic acids is 2. The molecule has 0 aliphatic rings. The Morgan fingerprint density at radius 3 is 2.29 bits per heavy atom. The Balaban J connectivity index is 3.01. The third-order valence-corrected chi connectivity index (χ3v) is 2.19. The van der Waals surface area contributed by atoms with Gasteiger partial charge in [-0.2, -0.15) is 13.2 Å². The molecule has 0 radical (unpaired) electrons. The smallest absolute Gasteiger partial charge is 0.416 e. The summed E-state index contributed by atoms with van der Waals surface area (Å²) in [5, 5.41) is 12.7. The van der Waals surface area contributed by atoms with Crippen LogP contribution in [0.5, 0.6) is 0 Å². The number of urea groups is 1. The summed E-state index contributed by atoms with van der Waals surface area (Å²) in [6.07, 6.45) is -4.77. The number of carbonyl (C=O) groups is 3. The van der Waals surface area contributed by atoms with Gasteiger partial charge in [-0.3, -0.25) is 4.79 Å². The van der Waals surface area contributed by atoms with Gasteiger partial charge in [-0.25, -0.2) is 9.59 Å². The standard InChI is InChI=1S/C11H10F3N3O4/c12-11(13,14)6-1-5(9(19)20)2-7(3-6)17-10(21)16-4-8(15)18/h1-3H,4H2,(H2,15,18)(H,19,20)(H2,16,17,21). The monoisotopic (exact) mass is 305 g/mol. The van der Waals surface area contributed by atoms with Crippen LogP contribution in [0, 0.1) is 0 Å². The molecule has 0 saturated heterocycles. The third kappa shape index (κ3) is 5.01. The molecule has 0 bridgehead atoms. The van der Waals surface area contributed by atoms with Gasteiger partial charge in [-0.15, -0.1) is 0 Å². The molecule has 0 spiro atoms. The maximum absolute atomic E-state index is 12.6. The highest BCUT2D eigenvalue weighted by molar-refractivity contribution is 5.94. The Bertz CT molecular complexity index is 587. The van der Waals surface area contributed by atoms with E-state index in [4.69, 9.17) is 10.8 Å². The van der Waals surface area contributed by atoms with Crippen molar-refractivity contribution < 1.29 is 32.7 Å². The lowest BCUT2D eigenvalue weighted by atomic mass is 10.1. The van der Waals surface area contributed by atoms with Gasteiger partial charge in [0.2, 0.25) is 5.91 Å². The number of primary amides is 1. The predicted molar refractivity (Wildman–Crippen MR) is 64.6 cm³/mol. The van der Waals surface area contributed by atoms with Crippen molar-refractivity contribution in [2.75, 3.05) is 11.9 Å². The summed E-state index contributed by atoms with van der Waals surface area (Å²) in [7, 11) is 0. The van der Waals surface area contributed by atoms with Crippen LogP contribution in [0.4, 0.5) is 23.7 Å². The number of carboxylic acid groups (broad SMARTS) is 1. The molecule has 3 amide bonds. The number of hydrogen-bond donors (Lipinski definition) is 4. The number of rotatable bonds is 4. The van der Waals surface area contributed by atoms with Gasteiger partial charge in [0.25, 0.3) is 0 Å². The second-order valence-corrected chi connectivity index (χ2v) is 3.88. The van der Waals surface area contributed by atoms with Crippen molar-refractivity contribution in [3.05, 3.63) is 29.3 Å². The molecule has 21 heavy (non-hydrogen) atoms. The fourth-order valence-electron chi connectivity index (χ4n) is 1.33. The molecular weight excluding hydrogens is 295 g/mol. The van der Waals surface area contributed by atoms with Crippen LogP contribution in [0.2, 0.25) is 0 Å². The van der Waals surface area contributed by atoms with E-state index in [-0.39, 0.29) is 5.69 Å². The summed E-state index contributed by atoms with van der Waals surface area (Å²) < 4.78 is 37.9.